The largest absolute Gasteiger partial charge is 0.367 e. The zero-order valence-electron chi connectivity index (χ0n) is 9.37. The van der Waals surface area contributed by atoms with Crippen molar-refractivity contribution in [1.29, 1.82) is 0 Å². The Morgan fingerprint density at radius 3 is 2.47 bits per heavy atom. The van der Waals surface area contributed by atoms with Crippen LogP contribution in [0.1, 0.15) is 27.2 Å². The molecular weight excluding hydrogens is 198 g/mol. The highest BCUT2D eigenvalue weighted by atomic mass is 16.5. The van der Waals surface area contributed by atoms with Gasteiger partial charge in [0.05, 0.1) is 6.61 Å². The summed E-state index contributed by atoms with van der Waals surface area (Å²) in [5, 5.41) is 1.93. The van der Waals surface area contributed by atoms with Crippen molar-refractivity contribution in [3.8, 4) is 0 Å². The number of hydrogen-bond acceptors (Lipinski definition) is 4. The average molecular weight is 217 g/mol. The fourth-order valence-electron chi connectivity index (χ4n) is 0.716. The fourth-order valence-corrected chi connectivity index (χ4v) is 0.716. The third-order valence-corrected chi connectivity index (χ3v) is 2.09. The van der Waals surface area contributed by atoms with Crippen LogP contribution in [0, 0.1) is 0 Å². The van der Waals surface area contributed by atoms with Crippen molar-refractivity contribution < 1.29 is 14.3 Å². The number of rotatable bonds is 5. The van der Waals surface area contributed by atoms with Gasteiger partial charge in [0.25, 0.3) is 5.91 Å². The van der Waals surface area contributed by atoms with E-state index in [-0.39, 0.29) is 6.61 Å². The van der Waals surface area contributed by atoms with Crippen molar-refractivity contribution in [2.45, 2.75) is 38.8 Å². The van der Waals surface area contributed by atoms with E-state index in [1.807, 2.05) is 19.2 Å². The number of primary amides is 1. The lowest BCUT2D eigenvalue weighted by atomic mass is 10.0. The molecule has 0 saturated carbocycles. The molecule has 0 bridgehead atoms. The Hall–Kier alpha value is -1.14. The van der Waals surface area contributed by atoms with Crippen LogP contribution in [0.3, 0.4) is 0 Å². The molecule has 0 aliphatic carbocycles. The van der Waals surface area contributed by atoms with Gasteiger partial charge in [0.1, 0.15) is 6.10 Å². The highest BCUT2D eigenvalue weighted by Crippen LogP contribution is 2.06. The van der Waals surface area contributed by atoms with Gasteiger partial charge in [-0.05, 0) is 20.3 Å². The number of imide groups is 1. The van der Waals surface area contributed by atoms with Crippen LogP contribution in [0.5, 0.6) is 0 Å². The zero-order chi connectivity index (χ0) is 12.1. The molecule has 6 nitrogen and oxygen atoms in total. The summed E-state index contributed by atoms with van der Waals surface area (Å²) in [5.41, 5.74) is 10.1. The Kier molecular flexibility index (Phi) is 5.24. The first-order valence-corrected chi connectivity index (χ1v) is 4.79. The molecule has 2 atom stereocenters. The Balaban J connectivity index is 3.98. The average Bonchev–Trinajstić information content (AvgIpc) is 2.13. The molecule has 6 heteroatoms. The third-order valence-electron chi connectivity index (χ3n) is 2.09. The van der Waals surface area contributed by atoms with Gasteiger partial charge in [0.15, 0.2) is 0 Å². The van der Waals surface area contributed by atoms with Crippen LogP contribution in [0.4, 0.5) is 4.79 Å². The first-order valence-electron chi connectivity index (χ1n) is 4.79. The smallest absolute Gasteiger partial charge is 0.318 e. The number of urea groups is 1. The van der Waals surface area contributed by atoms with Crippen molar-refractivity contribution in [2.24, 2.45) is 11.5 Å². The lowest BCUT2D eigenvalue weighted by molar-refractivity contribution is -0.131. The summed E-state index contributed by atoms with van der Waals surface area (Å²) in [6, 6.07) is -0.888. The van der Waals surface area contributed by atoms with Gasteiger partial charge in [0.2, 0.25) is 0 Å². The molecule has 3 amide bonds. The molecule has 0 heterocycles. The Labute approximate surface area is 89.3 Å². The standard InChI is InChI=1S/C9H19N3O3/c1-4-9(3,11)5-15-6(2)7(13)12-8(10)14/h6H,4-5,11H2,1-3H3,(H3,10,12,13,14). The second-order valence-electron chi connectivity index (χ2n) is 3.81. The molecule has 2 unspecified atom stereocenters. The quantitative estimate of drug-likeness (QED) is 0.588. The molecule has 0 aliphatic heterocycles. The molecule has 0 aromatic rings. The summed E-state index contributed by atoms with van der Waals surface area (Å²) in [6.45, 7) is 5.53. The molecule has 5 N–H and O–H groups in total. The van der Waals surface area contributed by atoms with E-state index < -0.39 is 23.6 Å². The van der Waals surface area contributed by atoms with Gasteiger partial charge in [-0.25, -0.2) is 4.79 Å². The van der Waals surface area contributed by atoms with Crippen LogP contribution in [0.2, 0.25) is 0 Å². The van der Waals surface area contributed by atoms with E-state index in [0.717, 1.165) is 6.42 Å². The number of amides is 3. The number of nitrogens with one attached hydrogen (secondary N) is 1. The minimum atomic E-state index is -0.888. The topological polar surface area (TPSA) is 107 Å². The number of nitrogens with two attached hydrogens (primary N) is 2. The van der Waals surface area contributed by atoms with Gasteiger partial charge < -0.3 is 16.2 Å². The molecule has 88 valence electrons. The van der Waals surface area contributed by atoms with E-state index >= 15 is 0 Å². The summed E-state index contributed by atoms with van der Waals surface area (Å²) in [5.74, 6) is -0.561. The van der Waals surface area contributed by atoms with Crippen LogP contribution in [-0.4, -0.2) is 30.2 Å². The molecule has 0 aromatic heterocycles. The summed E-state index contributed by atoms with van der Waals surface area (Å²) in [7, 11) is 0. The number of ether oxygens (including phenoxy) is 1. The Morgan fingerprint density at radius 2 is 2.07 bits per heavy atom. The highest BCUT2D eigenvalue weighted by molar-refractivity contribution is 5.95. The lowest BCUT2D eigenvalue weighted by Gasteiger charge is -2.24. The minimum absolute atomic E-state index is 0.247. The maximum atomic E-state index is 11.2. The maximum Gasteiger partial charge on any atom is 0.318 e. The number of carbonyl (C=O) groups excluding carboxylic acids is 2. The Morgan fingerprint density at radius 1 is 1.53 bits per heavy atom. The van der Waals surface area contributed by atoms with Crippen molar-refractivity contribution in [3.63, 3.8) is 0 Å². The molecule has 0 rings (SSSR count). The number of carbonyl (C=O) groups is 2. The van der Waals surface area contributed by atoms with E-state index in [4.69, 9.17) is 16.2 Å². The van der Waals surface area contributed by atoms with Crippen LogP contribution in [0.25, 0.3) is 0 Å². The minimum Gasteiger partial charge on any atom is -0.367 e. The van der Waals surface area contributed by atoms with Crippen molar-refractivity contribution in [3.05, 3.63) is 0 Å². The second kappa shape index (κ2) is 5.67. The van der Waals surface area contributed by atoms with Crippen molar-refractivity contribution in [1.82, 2.24) is 5.32 Å². The first kappa shape index (κ1) is 13.9. The molecule has 0 aromatic carbocycles. The molecule has 0 fully saturated rings. The fraction of sp³-hybridized carbons (Fsp3) is 0.778. The van der Waals surface area contributed by atoms with Crippen LogP contribution >= 0.6 is 0 Å². The van der Waals surface area contributed by atoms with E-state index in [2.05, 4.69) is 0 Å². The monoisotopic (exact) mass is 217 g/mol. The molecule has 0 radical (unpaired) electrons. The molecular formula is C9H19N3O3. The van der Waals surface area contributed by atoms with Crippen LogP contribution < -0.4 is 16.8 Å². The molecule has 0 saturated heterocycles. The van der Waals surface area contributed by atoms with Crippen molar-refractivity contribution in [2.75, 3.05) is 6.61 Å². The van der Waals surface area contributed by atoms with Gasteiger partial charge in [-0.15, -0.1) is 0 Å². The van der Waals surface area contributed by atoms with Gasteiger partial charge >= 0.3 is 6.03 Å². The summed E-state index contributed by atoms with van der Waals surface area (Å²) >= 11 is 0. The third kappa shape index (κ3) is 6.03. The zero-order valence-corrected chi connectivity index (χ0v) is 9.37. The highest BCUT2D eigenvalue weighted by Gasteiger charge is 2.21. The van der Waals surface area contributed by atoms with Gasteiger partial charge in [0, 0.05) is 5.54 Å². The SMILES string of the molecule is CCC(C)(N)COC(C)C(=O)NC(N)=O. The van der Waals surface area contributed by atoms with Gasteiger partial charge in [-0.1, -0.05) is 6.92 Å². The van der Waals surface area contributed by atoms with E-state index in [9.17, 15) is 9.59 Å². The molecule has 15 heavy (non-hydrogen) atoms. The van der Waals surface area contributed by atoms with Crippen LogP contribution in [-0.2, 0) is 9.53 Å². The van der Waals surface area contributed by atoms with Gasteiger partial charge in [-0.3, -0.25) is 10.1 Å². The summed E-state index contributed by atoms with van der Waals surface area (Å²) in [4.78, 5) is 21.6. The maximum absolute atomic E-state index is 11.2. The summed E-state index contributed by atoms with van der Waals surface area (Å²) in [6.07, 6.45) is -0.0103. The van der Waals surface area contributed by atoms with Crippen molar-refractivity contribution >= 4 is 11.9 Å². The second-order valence-corrected chi connectivity index (χ2v) is 3.81. The van der Waals surface area contributed by atoms with Crippen LogP contribution in [0.15, 0.2) is 0 Å². The molecule has 0 spiro atoms. The first-order chi connectivity index (χ1) is 6.78. The van der Waals surface area contributed by atoms with E-state index in [1.165, 1.54) is 6.92 Å². The number of hydrogen-bond donors (Lipinski definition) is 3. The van der Waals surface area contributed by atoms with E-state index in [1.54, 1.807) is 0 Å². The Bertz CT molecular complexity index is 241. The molecule has 0 aliphatic rings. The predicted molar refractivity (Wildman–Crippen MR) is 56.0 cm³/mol. The predicted octanol–water partition coefficient (Wildman–Crippen LogP) is -0.286. The normalized spacial score (nSPS) is 16.5. The lowest BCUT2D eigenvalue weighted by Crippen LogP contribution is -2.46. The van der Waals surface area contributed by atoms with E-state index in [0.29, 0.717) is 0 Å². The summed E-state index contributed by atoms with van der Waals surface area (Å²) < 4.78 is 5.22. The van der Waals surface area contributed by atoms with Gasteiger partial charge in [-0.2, -0.15) is 0 Å².